The van der Waals surface area contributed by atoms with E-state index >= 15 is 0 Å². The SMILES string of the molecule is Nc1ccc(N2CCN(Cc3cccc(F)c3)CC2)cn1. The first-order chi connectivity index (χ1) is 10.2. The number of halogens is 1. The van der Waals surface area contributed by atoms with Crippen molar-refractivity contribution >= 4 is 11.5 Å². The number of nitrogen functional groups attached to an aromatic ring is 1. The van der Waals surface area contributed by atoms with E-state index in [1.807, 2.05) is 24.4 Å². The van der Waals surface area contributed by atoms with Crippen molar-refractivity contribution in [2.24, 2.45) is 0 Å². The highest BCUT2D eigenvalue weighted by molar-refractivity contribution is 5.48. The number of hydrogen-bond donors (Lipinski definition) is 1. The van der Waals surface area contributed by atoms with Gasteiger partial charge in [-0.05, 0) is 29.8 Å². The molecule has 21 heavy (non-hydrogen) atoms. The summed E-state index contributed by atoms with van der Waals surface area (Å²) in [6, 6.07) is 10.7. The highest BCUT2D eigenvalue weighted by Crippen LogP contribution is 2.17. The lowest BCUT2D eigenvalue weighted by molar-refractivity contribution is 0.249. The lowest BCUT2D eigenvalue weighted by Gasteiger charge is -2.36. The average molecular weight is 286 g/mol. The minimum absolute atomic E-state index is 0.168. The lowest BCUT2D eigenvalue weighted by Crippen LogP contribution is -2.46. The van der Waals surface area contributed by atoms with Crippen LogP contribution in [0, 0.1) is 5.82 Å². The van der Waals surface area contributed by atoms with E-state index in [2.05, 4.69) is 14.8 Å². The standard InChI is InChI=1S/C16H19FN4/c17-14-3-1-2-13(10-14)12-20-6-8-21(9-7-20)15-4-5-16(18)19-11-15/h1-5,10-11H,6-9,12H2,(H2,18,19). The van der Waals surface area contributed by atoms with Crippen LogP contribution in [-0.2, 0) is 6.54 Å². The number of rotatable bonds is 3. The first-order valence-electron chi connectivity index (χ1n) is 7.14. The second-order valence-corrected chi connectivity index (χ2v) is 5.33. The highest BCUT2D eigenvalue weighted by Gasteiger charge is 2.17. The number of hydrogen-bond acceptors (Lipinski definition) is 4. The summed E-state index contributed by atoms with van der Waals surface area (Å²) in [6.07, 6.45) is 1.82. The van der Waals surface area contributed by atoms with Gasteiger partial charge in [0.2, 0.25) is 0 Å². The van der Waals surface area contributed by atoms with Gasteiger partial charge < -0.3 is 10.6 Å². The summed E-state index contributed by atoms with van der Waals surface area (Å²) in [7, 11) is 0. The Morgan fingerprint density at radius 1 is 1.10 bits per heavy atom. The Bertz CT molecular complexity index is 591. The summed E-state index contributed by atoms with van der Waals surface area (Å²) in [5, 5.41) is 0. The van der Waals surface area contributed by atoms with E-state index in [1.165, 1.54) is 6.07 Å². The van der Waals surface area contributed by atoms with Gasteiger partial charge in [0.1, 0.15) is 11.6 Å². The van der Waals surface area contributed by atoms with Crippen molar-refractivity contribution in [2.75, 3.05) is 36.8 Å². The van der Waals surface area contributed by atoms with Gasteiger partial charge in [-0.25, -0.2) is 9.37 Å². The van der Waals surface area contributed by atoms with Crippen LogP contribution in [0.25, 0.3) is 0 Å². The number of pyridine rings is 1. The van der Waals surface area contributed by atoms with Gasteiger partial charge in [0.15, 0.2) is 0 Å². The molecule has 0 bridgehead atoms. The molecule has 3 rings (SSSR count). The molecule has 0 aliphatic carbocycles. The summed E-state index contributed by atoms with van der Waals surface area (Å²) < 4.78 is 13.2. The number of aromatic nitrogens is 1. The van der Waals surface area contributed by atoms with Gasteiger partial charge in [0.05, 0.1) is 11.9 Å². The molecule has 0 saturated carbocycles. The molecule has 0 radical (unpaired) electrons. The second kappa shape index (κ2) is 6.10. The van der Waals surface area contributed by atoms with E-state index in [-0.39, 0.29) is 5.82 Å². The van der Waals surface area contributed by atoms with Crippen molar-refractivity contribution in [3.8, 4) is 0 Å². The molecule has 2 heterocycles. The Balaban J connectivity index is 1.56. The van der Waals surface area contributed by atoms with Gasteiger partial charge in [0, 0.05) is 32.7 Å². The van der Waals surface area contributed by atoms with Crippen LogP contribution in [-0.4, -0.2) is 36.1 Å². The van der Waals surface area contributed by atoms with E-state index in [0.717, 1.165) is 44.0 Å². The fourth-order valence-corrected chi connectivity index (χ4v) is 2.64. The molecular weight excluding hydrogens is 267 g/mol. The molecule has 1 aromatic carbocycles. The third kappa shape index (κ3) is 3.49. The first-order valence-corrected chi connectivity index (χ1v) is 7.14. The quantitative estimate of drug-likeness (QED) is 0.939. The monoisotopic (exact) mass is 286 g/mol. The molecule has 1 aromatic heterocycles. The van der Waals surface area contributed by atoms with Crippen molar-refractivity contribution in [3.05, 3.63) is 54.0 Å². The molecule has 1 aliphatic rings. The Morgan fingerprint density at radius 3 is 2.57 bits per heavy atom. The second-order valence-electron chi connectivity index (χ2n) is 5.33. The fourth-order valence-electron chi connectivity index (χ4n) is 2.64. The zero-order valence-electron chi connectivity index (χ0n) is 11.9. The summed E-state index contributed by atoms with van der Waals surface area (Å²) in [5.74, 6) is 0.377. The fraction of sp³-hybridized carbons (Fsp3) is 0.312. The topological polar surface area (TPSA) is 45.4 Å². The van der Waals surface area contributed by atoms with Crippen molar-refractivity contribution in [1.29, 1.82) is 0 Å². The Kier molecular flexibility index (Phi) is 4.01. The van der Waals surface area contributed by atoms with Crippen LogP contribution in [0.3, 0.4) is 0 Å². The highest BCUT2D eigenvalue weighted by atomic mass is 19.1. The molecule has 0 unspecified atom stereocenters. The molecule has 0 spiro atoms. The van der Waals surface area contributed by atoms with Crippen molar-refractivity contribution in [3.63, 3.8) is 0 Å². The number of anilines is 2. The largest absolute Gasteiger partial charge is 0.384 e. The predicted octanol–water partition coefficient (Wildman–Crippen LogP) is 2.13. The van der Waals surface area contributed by atoms with Gasteiger partial charge in [0.25, 0.3) is 0 Å². The van der Waals surface area contributed by atoms with Crippen LogP contribution in [0.2, 0.25) is 0 Å². The molecule has 1 fully saturated rings. The normalized spacial score (nSPS) is 16.1. The summed E-state index contributed by atoms with van der Waals surface area (Å²) >= 11 is 0. The zero-order chi connectivity index (χ0) is 14.7. The minimum atomic E-state index is -0.168. The molecule has 2 N–H and O–H groups in total. The smallest absolute Gasteiger partial charge is 0.123 e. The minimum Gasteiger partial charge on any atom is -0.384 e. The maximum Gasteiger partial charge on any atom is 0.123 e. The number of benzene rings is 1. The van der Waals surface area contributed by atoms with E-state index in [9.17, 15) is 4.39 Å². The molecular formula is C16H19FN4. The molecule has 1 aliphatic heterocycles. The van der Waals surface area contributed by atoms with Crippen LogP contribution in [0.15, 0.2) is 42.6 Å². The maximum absolute atomic E-state index is 13.2. The van der Waals surface area contributed by atoms with Crippen LogP contribution in [0.1, 0.15) is 5.56 Å². The molecule has 110 valence electrons. The van der Waals surface area contributed by atoms with Crippen LogP contribution >= 0.6 is 0 Å². The zero-order valence-corrected chi connectivity index (χ0v) is 11.9. The average Bonchev–Trinajstić information content (AvgIpc) is 2.49. The molecule has 4 nitrogen and oxygen atoms in total. The molecule has 0 amide bonds. The van der Waals surface area contributed by atoms with Crippen molar-refractivity contribution in [2.45, 2.75) is 6.54 Å². The Hall–Kier alpha value is -2.14. The first kappa shape index (κ1) is 13.8. The Labute approximate surface area is 124 Å². The van der Waals surface area contributed by atoms with Gasteiger partial charge in [-0.3, -0.25) is 4.90 Å². The maximum atomic E-state index is 13.2. The third-order valence-corrected chi connectivity index (χ3v) is 3.80. The van der Waals surface area contributed by atoms with Gasteiger partial charge >= 0.3 is 0 Å². The van der Waals surface area contributed by atoms with Crippen molar-refractivity contribution in [1.82, 2.24) is 9.88 Å². The number of piperazine rings is 1. The van der Waals surface area contributed by atoms with Crippen LogP contribution in [0.4, 0.5) is 15.9 Å². The molecule has 0 atom stereocenters. The van der Waals surface area contributed by atoms with Gasteiger partial charge in [-0.15, -0.1) is 0 Å². The van der Waals surface area contributed by atoms with Gasteiger partial charge in [-0.1, -0.05) is 12.1 Å². The number of nitrogens with two attached hydrogens (primary N) is 1. The van der Waals surface area contributed by atoms with E-state index in [1.54, 1.807) is 12.1 Å². The van der Waals surface area contributed by atoms with Crippen LogP contribution in [0.5, 0.6) is 0 Å². The van der Waals surface area contributed by atoms with E-state index < -0.39 is 0 Å². The summed E-state index contributed by atoms with van der Waals surface area (Å²) in [6.45, 7) is 4.61. The van der Waals surface area contributed by atoms with Gasteiger partial charge in [-0.2, -0.15) is 0 Å². The molecule has 2 aromatic rings. The predicted molar refractivity (Wildman–Crippen MR) is 82.5 cm³/mol. The Morgan fingerprint density at radius 2 is 1.90 bits per heavy atom. The van der Waals surface area contributed by atoms with Crippen molar-refractivity contribution < 1.29 is 4.39 Å². The van der Waals surface area contributed by atoms with E-state index in [0.29, 0.717) is 5.82 Å². The molecule has 5 heteroatoms. The van der Waals surface area contributed by atoms with E-state index in [4.69, 9.17) is 5.73 Å². The third-order valence-electron chi connectivity index (χ3n) is 3.80. The number of nitrogens with zero attached hydrogens (tertiary/aromatic N) is 3. The van der Waals surface area contributed by atoms with Crippen LogP contribution < -0.4 is 10.6 Å². The summed E-state index contributed by atoms with van der Waals surface area (Å²) in [5.41, 5.74) is 7.74. The summed E-state index contributed by atoms with van der Waals surface area (Å²) in [4.78, 5) is 8.78. The molecule has 1 saturated heterocycles. The lowest BCUT2D eigenvalue weighted by atomic mass is 10.2.